The van der Waals surface area contributed by atoms with Crippen LogP contribution in [0.5, 0.6) is 0 Å². The highest BCUT2D eigenvalue weighted by Gasteiger charge is 2.93. The summed E-state index contributed by atoms with van der Waals surface area (Å²) in [5, 5.41) is 8.54. The number of H-pyrrole nitrogens is 1. The van der Waals surface area contributed by atoms with Gasteiger partial charge in [0, 0.05) is 24.1 Å². The van der Waals surface area contributed by atoms with E-state index in [9.17, 15) is 65.9 Å². The van der Waals surface area contributed by atoms with E-state index in [0.717, 1.165) is 0 Å². The lowest BCUT2D eigenvalue weighted by Gasteiger charge is -2.41. The number of nitrogens with one attached hydrogen (secondary N) is 1. The molecule has 0 unspecified atom stereocenters. The van der Waals surface area contributed by atoms with Gasteiger partial charge in [-0.1, -0.05) is 0 Å². The van der Waals surface area contributed by atoms with Crippen LogP contribution in [0.1, 0.15) is 17.7 Å². The molecule has 0 saturated heterocycles. The Balaban J connectivity index is 3.52. The van der Waals surface area contributed by atoms with Crippen molar-refractivity contribution in [3.05, 3.63) is 23.5 Å². The number of aromatic amines is 1. The van der Waals surface area contributed by atoms with Gasteiger partial charge in [0.15, 0.2) is 0 Å². The van der Waals surface area contributed by atoms with Crippen LogP contribution >= 0.6 is 0 Å². The van der Waals surface area contributed by atoms with E-state index in [2.05, 4.69) is 0 Å². The van der Waals surface area contributed by atoms with Crippen LogP contribution in [0.15, 0.2) is 12.3 Å². The highest BCUT2D eigenvalue weighted by Crippen LogP contribution is 2.63. The molecule has 0 saturated carbocycles. The summed E-state index contributed by atoms with van der Waals surface area (Å²) in [5.74, 6) is -46.7. The van der Waals surface area contributed by atoms with E-state index in [1.54, 1.807) is 0 Å². The van der Waals surface area contributed by atoms with E-state index in [-0.39, 0.29) is 25.1 Å². The molecule has 0 aliphatic rings. The molecule has 0 aromatic carbocycles. The maximum atomic E-state index is 13.9. The molecule has 0 atom stereocenters. The number of alkyl halides is 15. The number of halogens is 15. The van der Waals surface area contributed by atoms with Gasteiger partial charge in [-0.25, -0.2) is 0 Å². The van der Waals surface area contributed by atoms with Crippen molar-refractivity contribution in [3.63, 3.8) is 0 Å². The summed E-state index contributed by atoms with van der Waals surface area (Å²) in [5.41, 5.74) is -2.63. The van der Waals surface area contributed by atoms with Gasteiger partial charge in [-0.05, 0) is 18.9 Å². The van der Waals surface area contributed by atoms with Crippen LogP contribution in [0.2, 0.25) is 0 Å². The highest BCUT2D eigenvalue weighted by molar-refractivity contribution is 5.27. The number of rotatable bonds is 9. The van der Waals surface area contributed by atoms with E-state index >= 15 is 0 Å². The van der Waals surface area contributed by atoms with Crippen LogP contribution < -0.4 is 0 Å². The first-order valence-electron chi connectivity index (χ1n) is 7.66. The van der Waals surface area contributed by atoms with Crippen LogP contribution in [0, 0.1) is 0 Å². The second-order valence-corrected chi connectivity index (χ2v) is 6.18. The van der Waals surface area contributed by atoms with Gasteiger partial charge >= 0.3 is 41.7 Å². The maximum Gasteiger partial charge on any atom is 0.460 e. The zero-order valence-corrected chi connectivity index (χ0v) is 14.4. The van der Waals surface area contributed by atoms with E-state index < -0.39 is 59.6 Å². The molecule has 2 nitrogen and oxygen atoms in total. The second kappa shape index (κ2) is 7.65. The lowest BCUT2D eigenvalue weighted by atomic mass is 9.89. The summed E-state index contributed by atoms with van der Waals surface area (Å²) in [6, 6.07) is 0.000252. The van der Waals surface area contributed by atoms with Crippen molar-refractivity contribution >= 4 is 0 Å². The second-order valence-electron chi connectivity index (χ2n) is 6.18. The molecular formula is C14H10F15NO. The third kappa shape index (κ3) is 3.82. The lowest BCUT2D eigenvalue weighted by molar-refractivity contribution is -0.453. The Labute approximate surface area is 162 Å². The lowest BCUT2D eigenvalue weighted by Crippen LogP contribution is -2.72. The molecule has 0 fully saturated rings. The van der Waals surface area contributed by atoms with Crippen LogP contribution in [-0.2, 0) is 12.3 Å². The van der Waals surface area contributed by atoms with Crippen LogP contribution in [-0.4, -0.2) is 52.5 Å². The minimum Gasteiger partial charge on any atom is -0.396 e. The van der Waals surface area contributed by atoms with Crippen molar-refractivity contribution in [2.45, 2.75) is 54.6 Å². The zero-order valence-electron chi connectivity index (χ0n) is 14.4. The van der Waals surface area contributed by atoms with Gasteiger partial charge in [-0.3, -0.25) is 0 Å². The Bertz CT molecular complexity index is 764. The molecule has 0 aliphatic heterocycles. The molecule has 2 N–H and O–H groups in total. The molecule has 0 bridgehead atoms. The molecule has 1 aromatic rings. The molecule has 0 aliphatic carbocycles. The van der Waals surface area contributed by atoms with Crippen molar-refractivity contribution in [1.82, 2.24) is 4.98 Å². The van der Waals surface area contributed by atoms with Crippen LogP contribution in [0.4, 0.5) is 65.9 Å². The molecule has 182 valence electrons. The Morgan fingerprint density at radius 1 is 0.645 bits per heavy atom. The SMILES string of the molecule is OCCCc1cc(C(F)(F)C(F)(F)C(F)(F)C(F)(F)C(F)(F)C(F)(F)C(F)(F)F)c[nH]1. The van der Waals surface area contributed by atoms with Crippen molar-refractivity contribution in [2.24, 2.45) is 0 Å². The van der Waals surface area contributed by atoms with Gasteiger partial charge in [0.25, 0.3) is 0 Å². The summed E-state index contributed by atoms with van der Waals surface area (Å²) in [4.78, 5) is 1.81. The first-order chi connectivity index (χ1) is 13.5. The number of aryl methyl sites for hydroxylation is 1. The fourth-order valence-electron chi connectivity index (χ4n) is 2.18. The van der Waals surface area contributed by atoms with Gasteiger partial charge in [0.05, 0.1) is 0 Å². The summed E-state index contributed by atoms with van der Waals surface area (Å²) in [7, 11) is 0. The Hall–Kier alpha value is -1.81. The number of aromatic nitrogens is 1. The van der Waals surface area contributed by atoms with Gasteiger partial charge in [-0.15, -0.1) is 0 Å². The molecule has 31 heavy (non-hydrogen) atoms. The third-order valence-corrected chi connectivity index (χ3v) is 4.04. The summed E-state index contributed by atoms with van der Waals surface area (Å²) in [6.07, 6.45) is -8.30. The largest absolute Gasteiger partial charge is 0.460 e. The van der Waals surface area contributed by atoms with E-state index in [1.807, 2.05) is 4.98 Å². The maximum absolute atomic E-state index is 13.9. The number of hydrogen-bond donors (Lipinski definition) is 2. The fraction of sp³-hybridized carbons (Fsp3) is 0.714. The van der Waals surface area contributed by atoms with E-state index in [1.165, 1.54) is 0 Å². The minimum absolute atomic E-state index is 0.000252. The van der Waals surface area contributed by atoms with E-state index in [0.29, 0.717) is 0 Å². The minimum atomic E-state index is -8.30. The predicted octanol–water partition coefficient (Wildman–Crippen LogP) is 5.77. The van der Waals surface area contributed by atoms with Crippen molar-refractivity contribution in [1.29, 1.82) is 0 Å². The molecule has 0 spiro atoms. The monoisotopic (exact) mass is 493 g/mol. The predicted molar refractivity (Wildman–Crippen MR) is 70.9 cm³/mol. The molecule has 1 heterocycles. The Kier molecular flexibility index (Phi) is 6.72. The summed E-state index contributed by atoms with van der Waals surface area (Å²) < 4.78 is 197. The van der Waals surface area contributed by atoms with Crippen LogP contribution in [0.3, 0.4) is 0 Å². The Morgan fingerprint density at radius 2 is 1.06 bits per heavy atom. The molecule has 17 heteroatoms. The molecule has 0 radical (unpaired) electrons. The van der Waals surface area contributed by atoms with Crippen molar-refractivity contribution in [2.75, 3.05) is 6.61 Å². The van der Waals surface area contributed by atoms with Crippen molar-refractivity contribution in [3.8, 4) is 0 Å². The fourth-order valence-corrected chi connectivity index (χ4v) is 2.18. The average Bonchev–Trinajstić information content (AvgIpc) is 3.07. The standard InChI is InChI=1S/C14H10F15NO/c15-8(16,6-4-7(30-5-6)2-1-3-31)9(17,18)10(19,20)11(21,22)12(23,24)13(25,26)14(27,28)29/h4-5,30-31H,1-3H2. The molecule has 0 amide bonds. The molecule has 1 aromatic heterocycles. The summed E-state index contributed by atoms with van der Waals surface area (Å²) >= 11 is 0. The number of hydrogen-bond acceptors (Lipinski definition) is 1. The van der Waals surface area contributed by atoms with Gasteiger partial charge in [0.1, 0.15) is 0 Å². The van der Waals surface area contributed by atoms with Crippen molar-refractivity contribution < 1.29 is 71.0 Å². The number of aliphatic hydroxyl groups is 1. The third-order valence-electron chi connectivity index (χ3n) is 4.04. The topological polar surface area (TPSA) is 36.0 Å². The van der Waals surface area contributed by atoms with Gasteiger partial charge in [0.2, 0.25) is 0 Å². The zero-order chi connectivity index (χ0) is 24.9. The smallest absolute Gasteiger partial charge is 0.396 e. The first-order valence-corrected chi connectivity index (χ1v) is 7.66. The summed E-state index contributed by atoms with van der Waals surface area (Å²) in [6.45, 7) is -0.562. The van der Waals surface area contributed by atoms with Gasteiger partial charge in [-0.2, -0.15) is 65.9 Å². The molecule has 1 rings (SSSR count). The van der Waals surface area contributed by atoms with Crippen LogP contribution in [0.25, 0.3) is 0 Å². The average molecular weight is 493 g/mol. The van der Waals surface area contributed by atoms with Gasteiger partial charge < -0.3 is 10.1 Å². The molecular weight excluding hydrogens is 483 g/mol. The normalized spacial score (nSPS) is 15.5. The highest BCUT2D eigenvalue weighted by atomic mass is 19.4. The quantitative estimate of drug-likeness (QED) is 0.422. The van der Waals surface area contributed by atoms with E-state index in [4.69, 9.17) is 5.11 Å². The Morgan fingerprint density at radius 3 is 1.48 bits per heavy atom. The number of aliphatic hydroxyl groups excluding tert-OH is 1. The first kappa shape index (κ1) is 27.2.